The van der Waals surface area contributed by atoms with Crippen molar-refractivity contribution in [1.82, 2.24) is 20.2 Å². The van der Waals surface area contributed by atoms with Gasteiger partial charge in [0.2, 0.25) is 0 Å². The van der Waals surface area contributed by atoms with Crippen LogP contribution in [-0.2, 0) is 6.54 Å². The lowest BCUT2D eigenvalue weighted by atomic mass is 9.79. The van der Waals surface area contributed by atoms with Gasteiger partial charge in [-0.05, 0) is 75.4 Å². The lowest BCUT2D eigenvalue weighted by Crippen LogP contribution is -2.52. The number of benzene rings is 2. The number of ether oxygens (including phenoxy) is 1. The van der Waals surface area contributed by atoms with Gasteiger partial charge in [-0.25, -0.2) is 4.98 Å². The zero-order chi connectivity index (χ0) is 24.1. The number of H-pyrrole nitrogens is 1. The van der Waals surface area contributed by atoms with Gasteiger partial charge in [-0.3, -0.25) is 4.79 Å². The summed E-state index contributed by atoms with van der Waals surface area (Å²) in [7, 11) is 0. The molecular weight excluding hydrogens is 426 g/mol. The third-order valence-corrected chi connectivity index (χ3v) is 6.67. The summed E-state index contributed by atoms with van der Waals surface area (Å²) in [5.74, 6) is 3.56. The molecule has 178 valence electrons. The highest BCUT2D eigenvalue weighted by Gasteiger charge is 2.36. The van der Waals surface area contributed by atoms with E-state index in [1.165, 1.54) is 5.56 Å². The molecule has 4 N–H and O–H groups in total. The van der Waals surface area contributed by atoms with E-state index in [-0.39, 0.29) is 24.1 Å². The van der Waals surface area contributed by atoms with E-state index >= 15 is 0 Å². The Morgan fingerprint density at radius 3 is 2.88 bits per heavy atom. The maximum atomic E-state index is 13.4. The fourth-order valence-electron chi connectivity index (χ4n) is 4.85. The Morgan fingerprint density at radius 1 is 1.35 bits per heavy atom. The van der Waals surface area contributed by atoms with Crippen molar-refractivity contribution in [3.63, 3.8) is 0 Å². The minimum absolute atomic E-state index is 0.0580. The Morgan fingerprint density at radius 2 is 2.15 bits per heavy atom. The lowest BCUT2D eigenvalue weighted by Gasteiger charge is -2.43. The van der Waals surface area contributed by atoms with Gasteiger partial charge in [0.05, 0.1) is 11.0 Å². The van der Waals surface area contributed by atoms with Crippen molar-refractivity contribution < 1.29 is 9.53 Å². The summed E-state index contributed by atoms with van der Waals surface area (Å²) in [6.07, 6.45) is 9.27. The summed E-state index contributed by atoms with van der Waals surface area (Å²) in [6, 6.07) is 13.6. The Kier molecular flexibility index (Phi) is 7.09. The number of hydrogen-bond acceptors (Lipinski definition) is 5. The van der Waals surface area contributed by atoms with Crippen molar-refractivity contribution in [3.8, 4) is 18.1 Å². The molecule has 1 fully saturated rings. The molecule has 4 rings (SSSR count). The highest BCUT2D eigenvalue weighted by molar-refractivity contribution is 5.94. The second kappa shape index (κ2) is 10.2. The van der Waals surface area contributed by atoms with Crippen molar-refractivity contribution in [3.05, 3.63) is 53.9 Å². The molecule has 1 aromatic heterocycles. The molecular formula is C27H33N5O2. The fourth-order valence-corrected chi connectivity index (χ4v) is 4.85. The van der Waals surface area contributed by atoms with Crippen LogP contribution in [0.1, 0.15) is 55.7 Å². The predicted octanol–water partition coefficient (Wildman–Crippen LogP) is 4.11. The second-order valence-corrected chi connectivity index (χ2v) is 9.25. The summed E-state index contributed by atoms with van der Waals surface area (Å²) in [4.78, 5) is 23.0. The van der Waals surface area contributed by atoms with Crippen molar-refractivity contribution in [2.45, 2.75) is 57.7 Å². The zero-order valence-corrected chi connectivity index (χ0v) is 19.9. The summed E-state index contributed by atoms with van der Waals surface area (Å²) in [6.45, 7) is 5.95. The van der Waals surface area contributed by atoms with Crippen LogP contribution in [0.3, 0.4) is 0 Å². The van der Waals surface area contributed by atoms with E-state index in [4.69, 9.17) is 16.9 Å². The number of nitrogens with two attached hydrogens (primary N) is 1. The minimum atomic E-state index is -0.0610. The van der Waals surface area contributed by atoms with Crippen molar-refractivity contribution in [2.24, 2.45) is 0 Å². The molecule has 34 heavy (non-hydrogen) atoms. The molecule has 0 bridgehead atoms. The van der Waals surface area contributed by atoms with Crippen LogP contribution in [0, 0.1) is 12.3 Å². The maximum Gasteiger partial charge on any atom is 0.289 e. The van der Waals surface area contributed by atoms with E-state index in [1.807, 2.05) is 36.1 Å². The molecule has 0 spiro atoms. The number of nitrogens with zero attached hydrogens (tertiary/aromatic N) is 2. The first-order valence-corrected chi connectivity index (χ1v) is 11.9. The standard InChI is InChI=1S/C27H33N5O2/c1-4-15-34-22-11-8-19(9-12-22)18-29-27(3)14-6-7-21(17-27)32(5-2)26(33)25-30-23-13-10-20(28)16-24(23)31-25/h1,8-13,16,21,29H,5-7,14-15,17-18,28H2,2-3H3,(H,30,31)/t21-,27?/m0/s1. The van der Waals surface area contributed by atoms with E-state index in [9.17, 15) is 4.79 Å². The smallest absolute Gasteiger partial charge is 0.289 e. The summed E-state index contributed by atoms with van der Waals surface area (Å²) >= 11 is 0. The third kappa shape index (κ3) is 5.35. The number of fused-ring (bicyclic) bond motifs is 1. The van der Waals surface area contributed by atoms with Gasteiger partial charge in [0.15, 0.2) is 5.82 Å². The molecule has 1 heterocycles. The number of amides is 1. The Hall–Kier alpha value is -3.50. The molecule has 7 nitrogen and oxygen atoms in total. The van der Waals surface area contributed by atoms with Crippen LogP contribution in [0.5, 0.6) is 5.75 Å². The van der Waals surface area contributed by atoms with Gasteiger partial charge in [0.1, 0.15) is 12.4 Å². The van der Waals surface area contributed by atoms with Crippen LogP contribution in [-0.4, -0.2) is 45.5 Å². The van der Waals surface area contributed by atoms with E-state index in [0.29, 0.717) is 18.1 Å². The number of rotatable bonds is 8. The minimum Gasteiger partial charge on any atom is -0.481 e. The quantitative estimate of drug-likeness (QED) is 0.348. The van der Waals surface area contributed by atoms with Gasteiger partial charge in [0.25, 0.3) is 5.91 Å². The zero-order valence-electron chi connectivity index (χ0n) is 19.9. The predicted molar refractivity (Wildman–Crippen MR) is 135 cm³/mol. The van der Waals surface area contributed by atoms with Gasteiger partial charge < -0.3 is 25.7 Å². The molecule has 7 heteroatoms. The Balaban J connectivity index is 1.41. The van der Waals surface area contributed by atoms with E-state index in [0.717, 1.165) is 49.0 Å². The number of nitrogen functional groups attached to an aromatic ring is 1. The molecule has 1 aliphatic carbocycles. The number of anilines is 1. The van der Waals surface area contributed by atoms with Crippen molar-refractivity contribution in [2.75, 3.05) is 18.9 Å². The number of hydrogen-bond donors (Lipinski definition) is 3. The fraction of sp³-hybridized carbons (Fsp3) is 0.407. The Bertz CT molecular complexity index is 1180. The second-order valence-electron chi connectivity index (χ2n) is 9.25. The number of nitrogens with one attached hydrogen (secondary N) is 2. The number of imidazole rings is 1. The first-order valence-electron chi connectivity index (χ1n) is 11.9. The largest absolute Gasteiger partial charge is 0.481 e. The molecule has 1 saturated carbocycles. The molecule has 0 saturated heterocycles. The van der Waals surface area contributed by atoms with Gasteiger partial charge in [-0.2, -0.15) is 0 Å². The first kappa shape index (κ1) is 23.7. The molecule has 0 aliphatic heterocycles. The highest BCUT2D eigenvalue weighted by Crippen LogP contribution is 2.32. The number of terminal acetylenes is 1. The number of carbonyl (C=O) groups excluding carboxylic acids is 1. The molecule has 1 aliphatic rings. The van der Waals surface area contributed by atoms with E-state index < -0.39 is 0 Å². The third-order valence-electron chi connectivity index (χ3n) is 6.67. The normalized spacial score (nSPS) is 20.1. The number of aromatic amines is 1. The first-order chi connectivity index (χ1) is 16.4. The summed E-state index contributed by atoms with van der Waals surface area (Å²) < 4.78 is 5.45. The average Bonchev–Trinajstić information content (AvgIpc) is 3.26. The van der Waals surface area contributed by atoms with Crippen LogP contribution in [0.15, 0.2) is 42.5 Å². The summed E-state index contributed by atoms with van der Waals surface area (Å²) in [5.41, 5.74) is 9.18. The number of carbonyl (C=O) groups is 1. The monoisotopic (exact) mass is 459 g/mol. The van der Waals surface area contributed by atoms with Gasteiger partial charge in [-0.15, -0.1) is 6.42 Å². The van der Waals surface area contributed by atoms with Crippen molar-refractivity contribution in [1.29, 1.82) is 0 Å². The van der Waals surface area contributed by atoms with E-state index in [2.05, 4.69) is 40.3 Å². The molecule has 1 unspecified atom stereocenters. The van der Waals surface area contributed by atoms with Gasteiger partial charge >= 0.3 is 0 Å². The average molecular weight is 460 g/mol. The van der Waals surface area contributed by atoms with Crippen LogP contribution >= 0.6 is 0 Å². The van der Waals surface area contributed by atoms with Gasteiger partial charge in [0, 0.05) is 30.4 Å². The van der Waals surface area contributed by atoms with Gasteiger partial charge in [-0.1, -0.05) is 18.1 Å². The highest BCUT2D eigenvalue weighted by atomic mass is 16.5. The van der Waals surface area contributed by atoms with Crippen LogP contribution in [0.25, 0.3) is 11.0 Å². The van der Waals surface area contributed by atoms with Crippen LogP contribution < -0.4 is 15.8 Å². The summed E-state index contributed by atoms with van der Waals surface area (Å²) in [5, 5.41) is 3.74. The molecule has 1 amide bonds. The Labute approximate surface area is 201 Å². The SMILES string of the molecule is C#CCOc1ccc(CNC2(C)CCC[C@H](N(CC)C(=O)c3nc4ccc(N)cc4[nH]3)C2)cc1. The van der Waals surface area contributed by atoms with Crippen molar-refractivity contribution >= 4 is 22.6 Å². The maximum absolute atomic E-state index is 13.4. The number of aromatic nitrogens is 2. The molecule has 0 radical (unpaired) electrons. The lowest BCUT2D eigenvalue weighted by molar-refractivity contribution is 0.0564. The van der Waals surface area contributed by atoms with Crippen LogP contribution in [0.4, 0.5) is 5.69 Å². The molecule has 2 atom stereocenters. The van der Waals surface area contributed by atoms with Crippen LogP contribution in [0.2, 0.25) is 0 Å². The molecule has 2 aromatic carbocycles. The molecule has 3 aromatic rings. The topological polar surface area (TPSA) is 96.3 Å². The van der Waals surface area contributed by atoms with E-state index in [1.54, 1.807) is 6.07 Å².